The van der Waals surface area contributed by atoms with Crippen LogP contribution in [-0.4, -0.2) is 40.5 Å². The van der Waals surface area contributed by atoms with Gasteiger partial charge in [-0.05, 0) is 31.2 Å². The van der Waals surface area contributed by atoms with Gasteiger partial charge < -0.3 is 15.2 Å². The first-order valence-corrected chi connectivity index (χ1v) is 8.16. The molecule has 2 amide bonds. The molecule has 10 nitrogen and oxygen atoms in total. The van der Waals surface area contributed by atoms with E-state index in [-0.39, 0.29) is 34.9 Å². The van der Waals surface area contributed by atoms with Gasteiger partial charge in [0, 0.05) is 17.8 Å². The highest BCUT2D eigenvalue weighted by atomic mass is 16.6. The van der Waals surface area contributed by atoms with Crippen molar-refractivity contribution in [2.75, 3.05) is 16.8 Å². The van der Waals surface area contributed by atoms with E-state index in [0.717, 1.165) is 0 Å². The maximum absolute atomic E-state index is 12.5. The summed E-state index contributed by atoms with van der Waals surface area (Å²) in [5, 5.41) is 22.4. The lowest BCUT2D eigenvalue weighted by molar-refractivity contribution is -0.384. The number of amides is 2. The molecule has 2 N–H and O–H groups in total. The SMILES string of the molecule is CC1Oc2cc(C(=O)O)ccc2N(CC(=O)Nc2cccc([N+](=O)[O-])c2)C1=O. The van der Waals surface area contributed by atoms with Crippen molar-refractivity contribution < 1.29 is 29.2 Å². The fourth-order valence-electron chi connectivity index (χ4n) is 2.75. The maximum atomic E-state index is 12.5. The molecule has 1 aliphatic heterocycles. The van der Waals surface area contributed by atoms with Gasteiger partial charge in [-0.15, -0.1) is 0 Å². The van der Waals surface area contributed by atoms with Crippen LogP contribution < -0.4 is 15.0 Å². The number of fused-ring (bicyclic) bond motifs is 1. The molecule has 0 spiro atoms. The van der Waals surface area contributed by atoms with E-state index >= 15 is 0 Å². The molecule has 2 aromatic carbocycles. The van der Waals surface area contributed by atoms with Crippen molar-refractivity contribution >= 4 is 34.8 Å². The summed E-state index contributed by atoms with van der Waals surface area (Å²) in [5.41, 5.74) is 0.290. The smallest absolute Gasteiger partial charge is 0.335 e. The van der Waals surface area contributed by atoms with E-state index in [9.17, 15) is 24.5 Å². The highest BCUT2D eigenvalue weighted by molar-refractivity contribution is 6.06. The average Bonchev–Trinajstić information content (AvgIpc) is 2.65. The number of non-ortho nitro benzene ring substituents is 1. The van der Waals surface area contributed by atoms with Gasteiger partial charge in [-0.25, -0.2) is 4.79 Å². The van der Waals surface area contributed by atoms with Gasteiger partial charge in [0.25, 0.3) is 11.6 Å². The van der Waals surface area contributed by atoms with Crippen molar-refractivity contribution in [3.8, 4) is 5.75 Å². The molecule has 3 rings (SSSR count). The molecular weight excluding hydrogens is 370 g/mol. The van der Waals surface area contributed by atoms with Gasteiger partial charge in [0.1, 0.15) is 12.3 Å². The minimum Gasteiger partial charge on any atom is -0.479 e. The van der Waals surface area contributed by atoms with Crippen molar-refractivity contribution in [2.45, 2.75) is 13.0 Å². The third-order valence-corrected chi connectivity index (χ3v) is 4.06. The van der Waals surface area contributed by atoms with Crippen LogP contribution in [0.15, 0.2) is 42.5 Å². The first-order valence-electron chi connectivity index (χ1n) is 8.16. The number of benzene rings is 2. The predicted molar refractivity (Wildman–Crippen MR) is 97.6 cm³/mol. The molecule has 144 valence electrons. The van der Waals surface area contributed by atoms with Crippen LogP contribution >= 0.6 is 0 Å². The third kappa shape index (κ3) is 3.75. The number of nitrogens with one attached hydrogen (secondary N) is 1. The molecule has 0 aliphatic carbocycles. The zero-order chi connectivity index (χ0) is 20.4. The molecule has 1 unspecified atom stereocenters. The van der Waals surface area contributed by atoms with Crippen molar-refractivity contribution in [3.63, 3.8) is 0 Å². The highest BCUT2D eigenvalue weighted by Gasteiger charge is 2.33. The lowest BCUT2D eigenvalue weighted by atomic mass is 10.1. The molecule has 0 saturated carbocycles. The Hall–Kier alpha value is -3.95. The number of nitro groups is 1. The minimum atomic E-state index is -1.15. The number of carbonyl (C=O) groups is 3. The fourth-order valence-corrected chi connectivity index (χ4v) is 2.75. The quantitative estimate of drug-likeness (QED) is 0.593. The van der Waals surface area contributed by atoms with Crippen molar-refractivity contribution in [3.05, 3.63) is 58.1 Å². The topological polar surface area (TPSA) is 139 Å². The predicted octanol–water partition coefficient (Wildman–Crippen LogP) is 2.05. The summed E-state index contributed by atoms with van der Waals surface area (Å²) >= 11 is 0. The number of hydrogen-bond acceptors (Lipinski definition) is 6. The van der Waals surface area contributed by atoms with Crippen LogP contribution in [0.1, 0.15) is 17.3 Å². The Bertz CT molecular complexity index is 989. The Morgan fingerprint density at radius 2 is 2.04 bits per heavy atom. The highest BCUT2D eigenvalue weighted by Crippen LogP contribution is 2.35. The summed E-state index contributed by atoms with van der Waals surface area (Å²) in [7, 11) is 0. The van der Waals surface area contributed by atoms with E-state index in [1.54, 1.807) is 0 Å². The lowest BCUT2D eigenvalue weighted by Gasteiger charge is -2.32. The first kappa shape index (κ1) is 18.8. The molecule has 0 bridgehead atoms. The number of nitro benzene ring substituents is 1. The van der Waals surface area contributed by atoms with E-state index < -0.39 is 28.8 Å². The van der Waals surface area contributed by atoms with E-state index in [2.05, 4.69) is 5.32 Å². The number of ether oxygens (including phenoxy) is 1. The lowest BCUT2D eigenvalue weighted by Crippen LogP contribution is -2.47. The molecule has 0 fully saturated rings. The minimum absolute atomic E-state index is 0.0127. The Labute approximate surface area is 158 Å². The Balaban J connectivity index is 1.82. The summed E-state index contributed by atoms with van der Waals surface area (Å²) in [4.78, 5) is 47.4. The molecule has 1 heterocycles. The first-order chi connectivity index (χ1) is 13.3. The van der Waals surface area contributed by atoms with Gasteiger partial charge in [0.2, 0.25) is 5.91 Å². The summed E-state index contributed by atoms with van der Waals surface area (Å²) in [6.07, 6.45) is -0.901. The number of rotatable bonds is 5. The Morgan fingerprint density at radius 3 is 2.71 bits per heavy atom. The van der Waals surface area contributed by atoms with Crippen LogP contribution in [0.3, 0.4) is 0 Å². The Morgan fingerprint density at radius 1 is 1.29 bits per heavy atom. The van der Waals surface area contributed by atoms with Gasteiger partial charge in [-0.1, -0.05) is 6.07 Å². The molecule has 10 heteroatoms. The van der Waals surface area contributed by atoms with Gasteiger partial charge in [-0.3, -0.25) is 24.6 Å². The standard InChI is InChI=1S/C18H15N3O7/c1-10-17(23)20(14-6-5-11(18(24)25)7-15(14)28-10)9-16(22)19-12-3-2-4-13(8-12)21(26)27/h2-8,10H,9H2,1H3,(H,19,22)(H,24,25). The number of aromatic carboxylic acids is 1. The monoisotopic (exact) mass is 385 g/mol. The van der Waals surface area contributed by atoms with E-state index in [1.807, 2.05) is 0 Å². The largest absolute Gasteiger partial charge is 0.479 e. The zero-order valence-corrected chi connectivity index (χ0v) is 14.6. The number of carbonyl (C=O) groups excluding carboxylic acids is 2. The molecule has 0 aromatic heterocycles. The second-order valence-electron chi connectivity index (χ2n) is 6.03. The number of carboxylic acid groups (broad SMARTS) is 1. The second kappa shape index (κ2) is 7.35. The van der Waals surface area contributed by atoms with Crippen LogP contribution in [0.5, 0.6) is 5.75 Å². The second-order valence-corrected chi connectivity index (χ2v) is 6.03. The van der Waals surface area contributed by atoms with Crippen molar-refractivity contribution in [2.24, 2.45) is 0 Å². The maximum Gasteiger partial charge on any atom is 0.335 e. The molecule has 0 saturated heterocycles. The molecular formula is C18H15N3O7. The van der Waals surface area contributed by atoms with Gasteiger partial charge in [0.05, 0.1) is 16.2 Å². The number of nitrogens with zero attached hydrogens (tertiary/aromatic N) is 2. The van der Waals surface area contributed by atoms with Crippen LogP contribution in [0, 0.1) is 10.1 Å². The number of hydrogen-bond donors (Lipinski definition) is 2. The van der Waals surface area contributed by atoms with Crippen molar-refractivity contribution in [1.29, 1.82) is 0 Å². The summed E-state index contributed by atoms with van der Waals surface area (Å²) in [6.45, 7) is 1.12. The third-order valence-electron chi connectivity index (χ3n) is 4.06. The molecule has 0 radical (unpaired) electrons. The molecule has 1 aliphatic rings. The van der Waals surface area contributed by atoms with E-state index in [0.29, 0.717) is 0 Å². The van der Waals surface area contributed by atoms with E-state index in [4.69, 9.17) is 9.84 Å². The molecule has 28 heavy (non-hydrogen) atoms. The van der Waals surface area contributed by atoms with E-state index in [1.165, 1.54) is 54.3 Å². The summed E-state index contributed by atoms with van der Waals surface area (Å²) in [5.74, 6) is -2.01. The van der Waals surface area contributed by atoms with Crippen molar-refractivity contribution in [1.82, 2.24) is 0 Å². The van der Waals surface area contributed by atoms with Crippen LogP contribution in [0.4, 0.5) is 17.1 Å². The van der Waals surface area contributed by atoms with Gasteiger partial charge in [0.15, 0.2) is 6.10 Å². The van der Waals surface area contributed by atoms with Gasteiger partial charge >= 0.3 is 5.97 Å². The molecule has 2 aromatic rings. The number of carboxylic acids is 1. The number of anilines is 2. The average molecular weight is 385 g/mol. The van der Waals surface area contributed by atoms with Gasteiger partial charge in [-0.2, -0.15) is 0 Å². The zero-order valence-electron chi connectivity index (χ0n) is 14.6. The van der Waals surface area contributed by atoms with Crippen LogP contribution in [-0.2, 0) is 9.59 Å². The van der Waals surface area contributed by atoms with Crippen LogP contribution in [0.25, 0.3) is 0 Å². The van der Waals surface area contributed by atoms with Crippen LogP contribution in [0.2, 0.25) is 0 Å². The summed E-state index contributed by atoms with van der Waals surface area (Å²) < 4.78 is 5.45. The summed E-state index contributed by atoms with van der Waals surface area (Å²) in [6, 6.07) is 9.39. The Kier molecular flexibility index (Phi) is 4.94. The normalized spacial score (nSPS) is 15.4. The fraction of sp³-hybridized carbons (Fsp3) is 0.167. The molecule has 1 atom stereocenters.